The molecule has 0 heterocycles. The summed E-state index contributed by atoms with van der Waals surface area (Å²) in [7, 11) is -3.33. The van der Waals surface area contributed by atoms with E-state index < -0.39 is 15.2 Å². The third kappa shape index (κ3) is 6.29. The Balaban J connectivity index is 4.11. The molecular formula is C3H10N2OP2+. The molecule has 0 bridgehead atoms. The smallest absolute Gasteiger partial charge is 0.276 e. The first kappa shape index (κ1) is 8.29. The summed E-state index contributed by atoms with van der Waals surface area (Å²) >= 11 is 0. The molecule has 3 nitrogen and oxygen atoms in total. The predicted molar refractivity (Wildman–Crippen MR) is 37.8 cm³/mol. The van der Waals surface area contributed by atoms with Gasteiger partial charge in [0.05, 0.1) is 0 Å². The summed E-state index contributed by atoms with van der Waals surface area (Å²) in [6.45, 7) is 5.11. The third-order valence-corrected chi connectivity index (χ3v) is 3.15. The highest BCUT2D eigenvalue weighted by molar-refractivity contribution is 7.65. The number of nitrogens with zero attached hydrogens (tertiary/aromatic N) is 1. The van der Waals surface area contributed by atoms with Gasteiger partial charge in [-0.1, -0.05) is 0 Å². The van der Waals surface area contributed by atoms with Gasteiger partial charge in [0.1, 0.15) is 13.3 Å². The van der Waals surface area contributed by atoms with Gasteiger partial charge in [0, 0.05) is 6.66 Å². The van der Waals surface area contributed by atoms with Gasteiger partial charge >= 0.3 is 7.44 Å². The Morgan fingerprint density at radius 2 is 2.00 bits per heavy atom. The lowest BCUT2D eigenvalue weighted by Crippen LogP contribution is -1.67. The summed E-state index contributed by atoms with van der Waals surface area (Å²) in [4.78, 5) is 0. The van der Waals surface area contributed by atoms with Crippen molar-refractivity contribution in [2.75, 3.05) is 20.0 Å². The molecule has 47 valence electrons. The van der Waals surface area contributed by atoms with Crippen molar-refractivity contribution in [2.24, 2.45) is 4.52 Å². The average Bonchev–Trinajstić information content (AvgIpc) is 1.21. The van der Waals surface area contributed by atoms with Crippen molar-refractivity contribution in [1.29, 1.82) is 0 Å². The van der Waals surface area contributed by atoms with E-state index in [1.54, 1.807) is 0 Å². The van der Waals surface area contributed by atoms with Crippen LogP contribution < -0.4 is 5.50 Å². The van der Waals surface area contributed by atoms with Crippen molar-refractivity contribution in [3.05, 3.63) is 0 Å². The minimum atomic E-state index is -2.82. The van der Waals surface area contributed by atoms with E-state index in [1.807, 2.05) is 13.3 Å². The zero-order valence-electron chi connectivity index (χ0n) is 5.25. The molecule has 0 saturated heterocycles. The maximum atomic E-state index is 10.5. The number of hydrogen-bond acceptors (Lipinski definition) is 1. The highest BCUT2D eigenvalue weighted by atomic mass is 31.2. The van der Waals surface area contributed by atoms with E-state index in [9.17, 15) is 4.57 Å². The second-order valence-corrected chi connectivity index (χ2v) is 5.98. The topological polar surface area (TPSA) is 53.2 Å². The van der Waals surface area contributed by atoms with Gasteiger partial charge in [-0.25, -0.2) is 0 Å². The van der Waals surface area contributed by atoms with Gasteiger partial charge in [-0.3, -0.25) is 4.57 Å². The zero-order valence-corrected chi connectivity index (χ0v) is 7.04. The second kappa shape index (κ2) is 2.72. The summed E-state index contributed by atoms with van der Waals surface area (Å²) in [6, 6.07) is 0. The van der Waals surface area contributed by atoms with Crippen LogP contribution in [0.25, 0.3) is 0 Å². The normalized spacial score (nSPS) is 17.0. The molecule has 0 rings (SSSR count). The van der Waals surface area contributed by atoms with Crippen molar-refractivity contribution in [3.63, 3.8) is 0 Å². The Labute approximate surface area is 50.6 Å². The Kier molecular flexibility index (Phi) is 2.82. The highest BCUT2D eigenvalue weighted by Gasteiger charge is 2.09. The minimum Gasteiger partial charge on any atom is -0.276 e. The lowest BCUT2D eigenvalue weighted by molar-refractivity contribution is 0.580. The van der Waals surface area contributed by atoms with E-state index in [4.69, 9.17) is 5.50 Å². The van der Waals surface area contributed by atoms with Crippen LogP contribution in [0.4, 0.5) is 0 Å². The first-order valence-corrected chi connectivity index (χ1v) is 6.44. The first-order valence-electron chi connectivity index (χ1n) is 2.15. The summed E-state index contributed by atoms with van der Waals surface area (Å²) in [5, 5.41) is 0. The second-order valence-electron chi connectivity index (χ2n) is 1.82. The van der Waals surface area contributed by atoms with Crippen LogP contribution in [0, 0.1) is 0 Å². The lowest BCUT2D eigenvalue weighted by Gasteiger charge is -1.86. The molecule has 0 fully saturated rings. The van der Waals surface area contributed by atoms with E-state index in [0.29, 0.717) is 0 Å². The zero-order chi connectivity index (χ0) is 6.78. The van der Waals surface area contributed by atoms with Crippen LogP contribution >= 0.6 is 15.2 Å². The number of hydrogen-bond donors (Lipinski definition) is 0. The summed E-state index contributed by atoms with van der Waals surface area (Å²) in [5.41, 5.74) is 6.87. The van der Waals surface area contributed by atoms with E-state index in [-0.39, 0.29) is 0 Å². The maximum Gasteiger partial charge on any atom is 0.305 e. The SMILES string of the molecule is C[P+](C)=NP(C)([NH])=O. The molecule has 0 aromatic heterocycles. The van der Waals surface area contributed by atoms with Crippen molar-refractivity contribution in [3.8, 4) is 0 Å². The van der Waals surface area contributed by atoms with Gasteiger partial charge in [0.25, 0.3) is 0 Å². The van der Waals surface area contributed by atoms with Crippen molar-refractivity contribution < 1.29 is 4.57 Å². The van der Waals surface area contributed by atoms with E-state index in [2.05, 4.69) is 4.52 Å². The molecular weight excluding hydrogens is 142 g/mol. The van der Waals surface area contributed by atoms with Crippen LogP contribution in [0.2, 0.25) is 0 Å². The van der Waals surface area contributed by atoms with E-state index in [1.165, 1.54) is 6.66 Å². The molecule has 0 aliphatic rings. The fourth-order valence-electron chi connectivity index (χ4n) is 0.341. The van der Waals surface area contributed by atoms with Crippen LogP contribution in [0.5, 0.6) is 0 Å². The van der Waals surface area contributed by atoms with Crippen molar-refractivity contribution >= 4 is 15.2 Å². The van der Waals surface area contributed by atoms with Crippen molar-refractivity contribution in [2.45, 2.75) is 0 Å². The quantitative estimate of drug-likeness (QED) is 0.530. The van der Waals surface area contributed by atoms with Crippen LogP contribution in [0.15, 0.2) is 4.52 Å². The molecule has 0 aromatic carbocycles. The molecule has 1 unspecified atom stereocenters. The van der Waals surface area contributed by atoms with Crippen LogP contribution in [0.1, 0.15) is 0 Å². The number of rotatable bonds is 1. The molecule has 0 saturated carbocycles. The lowest BCUT2D eigenvalue weighted by atomic mass is 11.9. The molecule has 5 heteroatoms. The first-order chi connectivity index (χ1) is 3.42. The van der Waals surface area contributed by atoms with Crippen molar-refractivity contribution in [1.82, 2.24) is 5.50 Å². The largest absolute Gasteiger partial charge is 0.305 e. The van der Waals surface area contributed by atoms with E-state index >= 15 is 0 Å². The summed E-state index contributed by atoms with van der Waals surface area (Å²) < 4.78 is 14.2. The Morgan fingerprint density at radius 3 is 2.00 bits per heavy atom. The minimum absolute atomic E-state index is 0.514. The average molecular weight is 152 g/mol. The molecule has 1 radical (unpaired) electrons. The van der Waals surface area contributed by atoms with Gasteiger partial charge in [-0.05, 0) is 4.52 Å². The molecule has 1 atom stereocenters. The Morgan fingerprint density at radius 1 is 1.62 bits per heavy atom. The van der Waals surface area contributed by atoms with Crippen LogP contribution in [-0.4, -0.2) is 20.0 Å². The molecule has 0 aromatic rings. The Hall–Kier alpha value is 0.290. The number of nitrogens with one attached hydrogen (secondary N) is 1. The summed E-state index contributed by atoms with van der Waals surface area (Å²) in [5.74, 6) is 0. The molecule has 0 aliphatic heterocycles. The third-order valence-electron chi connectivity index (χ3n) is 0.350. The predicted octanol–water partition coefficient (Wildman–Crippen LogP) is 2.02. The molecule has 8 heavy (non-hydrogen) atoms. The fraction of sp³-hybridized carbons (Fsp3) is 1.00. The van der Waals surface area contributed by atoms with Gasteiger partial charge < -0.3 is 0 Å². The molecule has 0 amide bonds. The summed E-state index contributed by atoms with van der Waals surface area (Å²) in [6.07, 6.45) is 0. The standard InChI is InChI=1S/C3H10N2OP2/c1-7(2)5-8(3,4)6/h4H,1-3H3/q+1. The Bertz CT molecular complexity index is 143. The maximum absolute atomic E-state index is 10.5. The molecule has 1 N–H and O–H groups in total. The van der Waals surface area contributed by atoms with Crippen LogP contribution in [0.3, 0.4) is 0 Å². The highest BCUT2D eigenvalue weighted by Crippen LogP contribution is 2.42. The molecule has 0 spiro atoms. The fourth-order valence-corrected chi connectivity index (χ4v) is 3.07. The van der Waals surface area contributed by atoms with E-state index in [0.717, 1.165) is 0 Å². The van der Waals surface area contributed by atoms with Crippen LogP contribution in [-0.2, 0) is 4.57 Å². The van der Waals surface area contributed by atoms with Gasteiger partial charge in [0.15, 0.2) is 0 Å². The van der Waals surface area contributed by atoms with Gasteiger partial charge in [-0.2, -0.15) is 5.50 Å². The molecule has 0 aliphatic carbocycles. The van der Waals surface area contributed by atoms with Gasteiger partial charge in [0.2, 0.25) is 7.71 Å². The van der Waals surface area contributed by atoms with Gasteiger partial charge in [-0.15, -0.1) is 0 Å². The monoisotopic (exact) mass is 152 g/mol.